The van der Waals surface area contributed by atoms with Crippen LogP contribution >= 0.6 is 0 Å². The van der Waals surface area contributed by atoms with Gasteiger partial charge in [-0.05, 0) is 48.2 Å². The minimum absolute atomic E-state index is 0.721. The van der Waals surface area contributed by atoms with Crippen molar-refractivity contribution in [2.45, 2.75) is 12.8 Å². The fourth-order valence-corrected chi connectivity index (χ4v) is 2.86. The number of benzene rings is 2. The SMILES string of the molecule is COc1ccc(CCN(C=N)CCc2ccc(OC)c(OC)c2)cc1OC. The summed E-state index contributed by atoms with van der Waals surface area (Å²) in [6, 6.07) is 11.8. The van der Waals surface area contributed by atoms with Gasteiger partial charge in [0.15, 0.2) is 23.0 Å². The Morgan fingerprint density at radius 3 is 1.44 bits per heavy atom. The summed E-state index contributed by atoms with van der Waals surface area (Å²) in [5, 5.41) is 7.69. The highest BCUT2D eigenvalue weighted by molar-refractivity contribution is 5.51. The average Bonchev–Trinajstić information content (AvgIpc) is 2.73. The maximum Gasteiger partial charge on any atom is 0.160 e. The summed E-state index contributed by atoms with van der Waals surface area (Å²) in [7, 11) is 6.52. The number of ether oxygens (including phenoxy) is 4. The molecule has 0 aliphatic rings. The molecular formula is C21H28N2O4. The predicted molar refractivity (Wildman–Crippen MR) is 107 cm³/mol. The second-order valence-corrected chi connectivity index (χ2v) is 6.04. The van der Waals surface area contributed by atoms with Gasteiger partial charge < -0.3 is 23.8 Å². The summed E-state index contributed by atoms with van der Waals surface area (Å²) in [6.45, 7) is 1.51. The van der Waals surface area contributed by atoms with Crippen LogP contribution in [-0.4, -0.2) is 52.8 Å². The van der Waals surface area contributed by atoms with E-state index in [1.54, 1.807) is 28.4 Å². The van der Waals surface area contributed by atoms with E-state index in [1.165, 1.54) is 6.34 Å². The first-order valence-corrected chi connectivity index (χ1v) is 8.81. The van der Waals surface area contributed by atoms with Crippen LogP contribution in [-0.2, 0) is 12.8 Å². The van der Waals surface area contributed by atoms with Crippen LogP contribution in [0.5, 0.6) is 23.0 Å². The molecule has 2 aromatic rings. The third-order valence-corrected chi connectivity index (χ3v) is 4.45. The van der Waals surface area contributed by atoms with Gasteiger partial charge in [-0.2, -0.15) is 0 Å². The maximum absolute atomic E-state index is 7.69. The van der Waals surface area contributed by atoms with Crippen LogP contribution in [0.4, 0.5) is 0 Å². The number of hydrogen-bond donors (Lipinski definition) is 1. The van der Waals surface area contributed by atoms with Crippen molar-refractivity contribution in [1.29, 1.82) is 5.41 Å². The summed E-state index contributed by atoms with van der Waals surface area (Å²) in [5.41, 5.74) is 2.29. The van der Waals surface area contributed by atoms with Crippen LogP contribution in [0.1, 0.15) is 11.1 Å². The summed E-state index contributed by atoms with van der Waals surface area (Å²) in [5.74, 6) is 2.89. The minimum atomic E-state index is 0.721. The molecule has 0 saturated heterocycles. The first-order valence-electron chi connectivity index (χ1n) is 8.81. The zero-order chi connectivity index (χ0) is 19.6. The number of methoxy groups -OCH3 is 4. The summed E-state index contributed by atoms with van der Waals surface area (Å²) in [4.78, 5) is 1.99. The van der Waals surface area contributed by atoms with Gasteiger partial charge in [0, 0.05) is 13.1 Å². The molecule has 0 aliphatic carbocycles. The first kappa shape index (κ1) is 20.4. The summed E-state index contributed by atoms with van der Waals surface area (Å²) >= 11 is 0. The van der Waals surface area contributed by atoms with Crippen molar-refractivity contribution in [2.75, 3.05) is 41.5 Å². The van der Waals surface area contributed by atoms with Crippen LogP contribution < -0.4 is 18.9 Å². The molecule has 0 spiro atoms. The van der Waals surface area contributed by atoms with Gasteiger partial charge >= 0.3 is 0 Å². The highest BCUT2D eigenvalue weighted by atomic mass is 16.5. The predicted octanol–water partition coefficient (Wildman–Crippen LogP) is 3.42. The molecule has 0 saturated carbocycles. The molecule has 6 nitrogen and oxygen atoms in total. The maximum atomic E-state index is 7.69. The van der Waals surface area contributed by atoms with Crippen molar-refractivity contribution in [2.24, 2.45) is 0 Å². The molecule has 0 heterocycles. The molecule has 0 unspecified atom stereocenters. The van der Waals surface area contributed by atoms with Crippen molar-refractivity contribution in [3.05, 3.63) is 47.5 Å². The minimum Gasteiger partial charge on any atom is -0.493 e. The Kier molecular flexibility index (Phi) is 7.79. The Morgan fingerprint density at radius 1 is 0.704 bits per heavy atom. The molecule has 1 N–H and O–H groups in total. The van der Waals surface area contributed by atoms with E-state index in [2.05, 4.69) is 0 Å². The topological polar surface area (TPSA) is 64.0 Å². The van der Waals surface area contributed by atoms with Gasteiger partial charge in [0.25, 0.3) is 0 Å². The molecule has 146 valence electrons. The molecular weight excluding hydrogens is 344 g/mol. The first-order chi connectivity index (χ1) is 13.1. The van der Waals surface area contributed by atoms with Crippen molar-refractivity contribution in [1.82, 2.24) is 4.90 Å². The molecule has 0 fully saturated rings. The van der Waals surface area contributed by atoms with E-state index in [1.807, 2.05) is 41.3 Å². The van der Waals surface area contributed by atoms with Crippen molar-refractivity contribution in [3.8, 4) is 23.0 Å². The Balaban J connectivity index is 1.93. The average molecular weight is 372 g/mol. The van der Waals surface area contributed by atoms with Crippen LogP contribution in [0, 0.1) is 5.41 Å². The Hall–Kier alpha value is -2.89. The second kappa shape index (κ2) is 10.3. The fraction of sp³-hybridized carbons (Fsp3) is 0.381. The zero-order valence-electron chi connectivity index (χ0n) is 16.5. The highest BCUT2D eigenvalue weighted by Crippen LogP contribution is 2.28. The molecule has 0 radical (unpaired) electrons. The van der Waals surface area contributed by atoms with E-state index in [9.17, 15) is 0 Å². The van der Waals surface area contributed by atoms with E-state index >= 15 is 0 Å². The van der Waals surface area contributed by atoms with Gasteiger partial charge in [0.1, 0.15) is 0 Å². The van der Waals surface area contributed by atoms with Gasteiger partial charge in [0.2, 0.25) is 0 Å². The van der Waals surface area contributed by atoms with E-state index in [0.29, 0.717) is 0 Å². The van der Waals surface area contributed by atoms with Gasteiger partial charge in [-0.25, -0.2) is 0 Å². The van der Waals surface area contributed by atoms with E-state index in [4.69, 9.17) is 24.4 Å². The molecule has 2 aromatic carbocycles. The van der Waals surface area contributed by atoms with Crippen LogP contribution in [0.3, 0.4) is 0 Å². The van der Waals surface area contributed by atoms with Gasteiger partial charge in [-0.3, -0.25) is 5.41 Å². The molecule has 0 atom stereocenters. The monoisotopic (exact) mass is 372 g/mol. The third kappa shape index (κ3) is 5.54. The molecule has 6 heteroatoms. The molecule has 0 amide bonds. The van der Waals surface area contributed by atoms with Crippen LogP contribution in [0.2, 0.25) is 0 Å². The third-order valence-electron chi connectivity index (χ3n) is 4.45. The molecule has 0 aliphatic heterocycles. The van der Waals surface area contributed by atoms with Crippen LogP contribution in [0.15, 0.2) is 36.4 Å². The molecule has 0 bridgehead atoms. The normalized spacial score (nSPS) is 10.2. The van der Waals surface area contributed by atoms with Crippen molar-refractivity contribution >= 4 is 6.34 Å². The fourth-order valence-electron chi connectivity index (χ4n) is 2.86. The largest absolute Gasteiger partial charge is 0.493 e. The number of hydrogen-bond acceptors (Lipinski definition) is 5. The van der Waals surface area contributed by atoms with E-state index in [-0.39, 0.29) is 0 Å². The Morgan fingerprint density at radius 2 is 1.11 bits per heavy atom. The number of nitrogens with zero attached hydrogens (tertiary/aromatic N) is 1. The van der Waals surface area contributed by atoms with Crippen molar-refractivity contribution in [3.63, 3.8) is 0 Å². The number of nitrogens with one attached hydrogen (secondary N) is 1. The lowest BCUT2D eigenvalue weighted by Gasteiger charge is -2.19. The van der Waals surface area contributed by atoms with Crippen LogP contribution in [0.25, 0.3) is 0 Å². The Labute approximate surface area is 161 Å². The lowest BCUT2D eigenvalue weighted by Crippen LogP contribution is -2.26. The van der Waals surface area contributed by atoms with Crippen molar-refractivity contribution < 1.29 is 18.9 Å². The highest BCUT2D eigenvalue weighted by Gasteiger charge is 2.08. The second-order valence-electron chi connectivity index (χ2n) is 6.04. The lowest BCUT2D eigenvalue weighted by atomic mass is 10.1. The molecule has 27 heavy (non-hydrogen) atoms. The standard InChI is InChI=1S/C21H28N2O4/c1-24-18-7-5-16(13-20(18)26-3)9-11-23(15-22)12-10-17-6-8-19(25-2)21(14-17)27-4/h5-8,13-15,22H,9-12H2,1-4H3. The van der Waals surface area contributed by atoms with Gasteiger partial charge in [0.05, 0.1) is 34.8 Å². The molecule has 2 rings (SSSR count). The molecule has 0 aromatic heterocycles. The Bertz CT molecular complexity index is 689. The smallest absolute Gasteiger partial charge is 0.160 e. The summed E-state index contributed by atoms with van der Waals surface area (Å²) < 4.78 is 21.2. The van der Waals surface area contributed by atoms with Gasteiger partial charge in [-0.1, -0.05) is 12.1 Å². The number of rotatable bonds is 11. The van der Waals surface area contributed by atoms with E-state index < -0.39 is 0 Å². The lowest BCUT2D eigenvalue weighted by molar-refractivity contribution is 0.354. The quantitative estimate of drug-likeness (QED) is 0.484. The van der Waals surface area contributed by atoms with Gasteiger partial charge in [-0.15, -0.1) is 0 Å². The van der Waals surface area contributed by atoms with E-state index in [0.717, 1.165) is 60.1 Å². The zero-order valence-corrected chi connectivity index (χ0v) is 16.5. The summed E-state index contributed by atoms with van der Waals surface area (Å²) in [6.07, 6.45) is 3.03.